The Hall–Kier alpha value is -4.02. The SMILES string of the molecule is C=CCCCOc1cccnc1C(=O)N[C@@H](COC)C(=O)N[C@@H](COCC=C)C(=O)OCc1ccccc1. The third kappa shape index (κ3) is 10.5. The number of methoxy groups -OCH3 is 1. The van der Waals surface area contributed by atoms with E-state index < -0.39 is 29.9 Å². The van der Waals surface area contributed by atoms with Gasteiger partial charge in [0.25, 0.3) is 5.91 Å². The Morgan fingerprint density at radius 1 is 1.00 bits per heavy atom. The van der Waals surface area contributed by atoms with Crippen molar-refractivity contribution in [2.24, 2.45) is 0 Å². The van der Waals surface area contributed by atoms with E-state index in [1.807, 2.05) is 30.3 Å². The molecule has 0 aliphatic rings. The molecule has 0 fully saturated rings. The molecule has 0 saturated heterocycles. The van der Waals surface area contributed by atoms with Crippen molar-refractivity contribution in [3.05, 3.63) is 85.2 Å². The zero-order valence-corrected chi connectivity index (χ0v) is 21.6. The summed E-state index contributed by atoms with van der Waals surface area (Å²) in [7, 11) is 1.39. The summed E-state index contributed by atoms with van der Waals surface area (Å²) in [6.07, 6.45) is 6.24. The fourth-order valence-corrected chi connectivity index (χ4v) is 3.20. The lowest BCUT2D eigenvalue weighted by Crippen LogP contribution is -2.55. The van der Waals surface area contributed by atoms with Crippen LogP contribution in [-0.4, -0.2) is 68.4 Å². The fraction of sp³-hybridized carbons (Fsp3) is 0.357. The number of esters is 1. The lowest BCUT2D eigenvalue weighted by molar-refractivity contribution is -0.151. The minimum Gasteiger partial charge on any atom is -0.491 e. The number of pyridine rings is 1. The topological polar surface area (TPSA) is 125 Å². The van der Waals surface area contributed by atoms with Crippen molar-refractivity contribution in [3.63, 3.8) is 0 Å². The molecule has 2 aromatic rings. The molecule has 10 nitrogen and oxygen atoms in total. The van der Waals surface area contributed by atoms with Gasteiger partial charge < -0.3 is 29.6 Å². The summed E-state index contributed by atoms with van der Waals surface area (Å²) < 4.78 is 21.6. The molecule has 2 amide bonds. The molecule has 1 aromatic heterocycles. The number of hydrogen-bond donors (Lipinski definition) is 2. The van der Waals surface area contributed by atoms with Crippen LogP contribution < -0.4 is 15.4 Å². The van der Waals surface area contributed by atoms with Gasteiger partial charge in [0.2, 0.25) is 5.91 Å². The number of nitrogens with zero attached hydrogens (tertiary/aromatic N) is 1. The highest BCUT2D eigenvalue weighted by Crippen LogP contribution is 2.16. The number of hydrogen-bond acceptors (Lipinski definition) is 8. The number of carbonyl (C=O) groups is 3. The maximum Gasteiger partial charge on any atom is 0.331 e. The summed E-state index contributed by atoms with van der Waals surface area (Å²) in [4.78, 5) is 43.0. The molecule has 2 N–H and O–H groups in total. The maximum absolute atomic E-state index is 13.1. The molecular weight excluding hydrogens is 490 g/mol. The van der Waals surface area contributed by atoms with Crippen LogP contribution in [0.15, 0.2) is 74.0 Å². The van der Waals surface area contributed by atoms with Crippen LogP contribution in [0.4, 0.5) is 0 Å². The van der Waals surface area contributed by atoms with Gasteiger partial charge in [-0.3, -0.25) is 9.59 Å². The Balaban J connectivity index is 2.07. The maximum atomic E-state index is 13.1. The lowest BCUT2D eigenvalue weighted by atomic mass is 10.2. The van der Waals surface area contributed by atoms with E-state index in [2.05, 4.69) is 28.8 Å². The molecule has 10 heteroatoms. The third-order valence-corrected chi connectivity index (χ3v) is 5.10. The van der Waals surface area contributed by atoms with Crippen LogP contribution in [0, 0.1) is 0 Å². The predicted octanol–water partition coefficient (Wildman–Crippen LogP) is 2.60. The highest BCUT2D eigenvalue weighted by Gasteiger charge is 2.29. The van der Waals surface area contributed by atoms with Crippen molar-refractivity contribution in [2.45, 2.75) is 31.5 Å². The van der Waals surface area contributed by atoms with Crippen LogP contribution >= 0.6 is 0 Å². The molecule has 1 heterocycles. The number of rotatable bonds is 18. The summed E-state index contributed by atoms with van der Waals surface area (Å²) in [5.74, 6) is -1.69. The molecule has 38 heavy (non-hydrogen) atoms. The van der Waals surface area contributed by atoms with Gasteiger partial charge in [0.15, 0.2) is 17.5 Å². The zero-order valence-electron chi connectivity index (χ0n) is 21.6. The van der Waals surface area contributed by atoms with E-state index in [4.69, 9.17) is 18.9 Å². The monoisotopic (exact) mass is 525 g/mol. The van der Waals surface area contributed by atoms with Gasteiger partial charge in [-0.2, -0.15) is 0 Å². The number of amides is 2. The Labute approximate surface area is 223 Å². The average Bonchev–Trinajstić information content (AvgIpc) is 2.94. The molecule has 0 aliphatic heterocycles. The van der Waals surface area contributed by atoms with Crippen LogP contribution in [0.5, 0.6) is 5.75 Å². The molecule has 2 rings (SSSR count). The zero-order chi connectivity index (χ0) is 27.6. The van der Waals surface area contributed by atoms with E-state index in [0.717, 1.165) is 18.4 Å². The first-order valence-electron chi connectivity index (χ1n) is 12.2. The quantitative estimate of drug-likeness (QED) is 0.173. The largest absolute Gasteiger partial charge is 0.491 e. The van der Waals surface area contributed by atoms with Crippen molar-refractivity contribution in [3.8, 4) is 5.75 Å². The van der Waals surface area contributed by atoms with Crippen molar-refractivity contribution >= 4 is 17.8 Å². The number of unbranched alkanes of at least 4 members (excludes halogenated alkanes) is 1. The Kier molecular flexibility index (Phi) is 13.9. The number of nitrogens with one attached hydrogen (secondary N) is 2. The van der Waals surface area contributed by atoms with Crippen molar-refractivity contribution in [1.82, 2.24) is 15.6 Å². The predicted molar refractivity (Wildman–Crippen MR) is 141 cm³/mol. The van der Waals surface area contributed by atoms with Crippen LogP contribution in [-0.2, 0) is 30.4 Å². The highest BCUT2D eigenvalue weighted by molar-refractivity contribution is 5.98. The molecule has 0 bridgehead atoms. The van der Waals surface area contributed by atoms with Crippen LogP contribution in [0.25, 0.3) is 0 Å². The highest BCUT2D eigenvalue weighted by atomic mass is 16.5. The van der Waals surface area contributed by atoms with Crippen LogP contribution in [0.3, 0.4) is 0 Å². The van der Waals surface area contributed by atoms with E-state index in [-0.39, 0.29) is 37.9 Å². The summed E-state index contributed by atoms with van der Waals surface area (Å²) in [6.45, 7) is 7.52. The van der Waals surface area contributed by atoms with Gasteiger partial charge in [-0.25, -0.2) is 9.78 Å². The van der Waals surface area contributed by atoms with Gasteiger partial charge >= 0.3 is 5.97 Å². The second kappa shape index (κ2) is 17.4. The summed E-state index contributed by atoms with van der Waals surface area (Å²) in [5.41, 5.74) is 0.813. The molecular formula is C28H35N3O7. The molecule has 204 valence electrons. The van der Waals surface area contributed by atoms with Crippen molar-refractivity contribution in [1.29, 1.82) is 0 Å². The number of aromatic nitrogens is 1. The number of carbonyl (C=O) groups excluding carboxylic acids is 3. The Morgan fingerprint density at radius 2 is 1.79 bits per heavy atom. The van der Waals surface area contributed by atoms with Crippen LogP contribution in [0.2, 0.25) is 0 Å². The first-order valence-corrected chi connectivity index (χ1v) is 12.2. The van der Waals surface area contributed by atoms with E-state index in [0.29, 0.717) is 6.61 Å². The van der Waals surface area contributed by atoms with Gasteiger partial charge in [0, 0.05) is 13.3 Å². The second-order valence-electron chi connectivity index (χ2n) is 8.09. The molecule has 1 aromatic carbocycles. The first-order chi connectivity index (χ1) is 18.5. The standard InChI is InChI=1S/C28H35N3O7/c1-4-6-10-17-37-24-14-11-15-29-25(24)27(33)30-22(19-35-3)26(32)31-23(20-36-16-5-2)28(34)38-18-21-12-8-7-9-13-21/h4-5,7-9,11-15,22-23H,1-2,6,10,16-20H2,3H3,(H,30,33)(H,31,32)/t22-,23-/m0/s1. The molecule has 0 aliphatic carbocycles. The van der Waals surface area contributed by atoms with Gasteiger partial charge in [0.05, 0.1) is 26.4 Å². The van der Waals surface area contributed by atoms with Crippen molar-refractivity contribution in [2.75, 3.05) is 33.5 Å². The van der Waals surface area contributed by atoms with Crippen molar-refractivity contribution < 1.29 is 33.3 Å². The molecule has 0 saturated carbocycles. The van der Waals surface area contributed by atoms with Gasteiger partial charge in [-0.1, -0.05) is 42.5 Å². The average molecular weight is 526 g/mol. The minimum absolute atomic E-state index is 0.0214. The van der Waals surface area contributed by atoms with Crippen LogP contribution in [0.1, 0.15) is 28.9 Å². The fourth-order valence-electron chi connectivity index (χ4n) is 3.20. The number of benzene rings is 1. The second-order valence-corrected chi connectivity index (χ2v) is 8.09. The summed E-state index contributed by atoms with van der Waals surface area (Å²) in [6, 6.07) is 10.1. The molecule has 2 atom stereocenters. The van der Waals surface area contributed by atoms with E-state index >= 15 is 0 Å². The summed E-state index contributed by atoms with van der Waals surface area (Å²) in [5, 5.41) is 5.19. The third-order valence-electron chi connectivity index (χ3n) is 5.10. The molecule has 0 unspecified atom stereocenters. The minimum atomic E-state index is -1.13. The normalized spacial score (nSPS) is 12.0. The smallest absolute Gasteiger partial charge is 0.331 e. The van der Waals surface area contributed by atoms with Gasteiger partial charge in [-0.15, -0.1) is 13.2 Å². The van der Waals surface area contributed by atoms with E-state index in [9.17, 15) is 14.4 Å². The Bertz CT molecular complexity index is 1050. The van der Waals surface area contributed by atoms with E-state index in [1.54, 1.807) is 18.2 Å². The molecule has 0 radical (unpaired) electrons. The number of allylic oxidation sites excluding steroid dienone is 1. The number of ether oxygens (including phenoxy) is 4. The first kappa shape index (κ1) is 30.2. The lowest BCUT2D eigenvalue weighted by Gasteiger charge is -2.22. The van der Waals surface area contributed by atoms with E-state index in [1.165, 1.54) is 19.4 Å². The summed E-state index contributed by atoms with van der Waals surface area (Å²) >= 11 is 0. The van der Waals surface area contributed by atoms with Gasteiger partial charge in [0.1, 0.15) is 12.6 Å². The van der Waals surface area contributed by atoms with Gasteiger partial charge in [-0.05, 0) is 30.5 Å². The Morgan fingerprint density at radius 3 is 2.50 bits per heavy atom. The molecule has 0 spiro atoms.